The molecular formula is C8H11N2O3+. The lowest BCUT2D eigenvalue weighted by Crippen LogP contribution is -2.28. The molecular weight excluding hydrogens is 172 g/mol. The van der Waals surface area contributed by atoms with Gasteiger partial charge >= 0.3 is 6.09 Å². The first-order valence-corrected chi connectivity index (χ1v) is 3.85. The molecule has 70 valence electrons. The Balaban J connectivity index is 2.37. The van der Waals surface area contributed by atoms with Gasteiger partial charge < -0.3 is 10.4 Å². The van der Waals surface area contributed by atoms with Gasteiger partial charge in [-0.1, -0.05) is 0 Å². The van der Waals surface area contributed by atoms with Gasteiger partial charge in [-0.15, -0.1) is 0 Å². The number of aromatic nitrogens is 1. The molecule has 13 heavy (non-hydrogen) atoms. The Labute approximate surface area is 75.2 Å². The van der Waals surface area contributed by atoms with Crippen LogP contribution in [0.5, 0.6) is 0 Å². The summed E-state index contributed by atoms with van der Waals surface area (Å²) >= 11 is 0. The lowest BCUT2D eigenvalue weighted by atomic mass is 10.2. The van der Waals surface area contributed by atoms with Crippen molar-refractivity contribution in [3.63, 3.8) is 0 Å². The standard InChI is InChI=1S/C8H10N2O3/c11-8(12)9-4-1-7-2-5-10(13)6-3-7/h2-3,5-6,9H,1,4H2,(H-,11,12,13)/p+1. The molecule has 1 amide bonds. The van der Waals surface area contributed by atoms with E-state index in [0.29, 0.717) is 13.0 Å². The summed E-state index contributed by atoms with van der Waals surface area (Å²) in [6.07, 6.45) is 2.59. The predicted octanol–water partition coefficient (Wildman–Crippen LogP) is 0.0215. The van der Waals surface area contributed by atoms with Crippen molar-refractivity contribution in [2.45, 2.75) is 6.42 Å². The van der Waals surface area contributed by atoms with E-state index in [-0.39, 0.29) is 0 Å². The summed E-state index contributed by atoms with van der Waals surface area (Å²) in [6.45, 7) is 0.380. The third kappa shape index (κ3) is 3.42. The van der Waals surface area contributed by atoms with Crippen LogP contribution in [0.25, 0.3) is 0 Å². The van der Waals surface area contributed by atoms with Gasteiger partial charge in [0.1, 0.15) is 0 Å². The van der Waals surface area contributed by atoms with Crippen molar-refractivity contribution < 1.29 is 19.8 Å². The molecule has 0 aliphatic rings. The zero-order valence-electron chi connectivity index (χ0n) is 6.97. The molecule has 0 aliphatic heterocycles. The van der Waals surface area contributed by atoms with Crippen molar-refractivity contribution in [3.8, 4) is 0 Å². The second-order valence-electron chi connectivity index (χ2n) is 2.57. The Bertz CT molecular complexity index is 284. The fourth-order valence-electron chi connectivity index (χ4n) is 0.930. The third-order valence-corrected chi connectivity index (χ3v) is 1.57. The number of nitrogens with zero attached hydrogens (tertiary/aromatic N) is 1. The number of amides is 1. The number of hydrogen-bond donors (Lipinski definition) is 3. The molecule has 5 nitrogen and oxygen atoms in total. The molecule has 0 radical (unpaired) electrons. The molecule has 1 rings (SSSR count). The lowest BCUT2D eigenvalue weighted by molar-refractivity contribution is -0.904. The first-order chi connectivity index (χ1) is 6.18. The van der Waals surface area contributed by atoms with Gasteiger partial charge in [0, 0.05) is 23.4 Å². The number of carbonyl (C=O) groups is 1. The van der Waals surface area contributed by atoms with Crippen molar-refractivity contribution >= 4 is 6.09 Å². The summed E-state index contributed by atoms with van der Waals surface area (Å²) in [5, 5.41) is 19.4. The fraction of sp³-hybridized carbons (Fsp3) is 0.250. The number of hydrogen-bond acceptors (Lipinski definition) is 2. The molecule has 1 heterocycles. The van der Waals surface area contributed by atoms with Crippen LogP contribution in [0.2, 0.25) is 0 Å². The maximum absolute atomic E-state index is 10.1. The van der Waals surface area contributed by atoms with E-state index in [0.717, 1.165) is 10.3 Å². The second kappa shape index (κ2) is 4.30. The smallest absolute Gasteiger partial charge is 0.404 e. The van der Waals surface area contributed by atoms with Crippen LogP contribution >= 0.6 is 0 Å². The highest BCUT2D eigenvalue weighted by Crippen LogP contribution is 1.94. The minimum absolute atomic E-state index is 0.380. The van der Waals surface area contributed by atoms with Crippen LogP contribution in [0, 0.1) is 0 Å². The first kappa shape index (κ1) is 9.31. The molecule has 3 N–H and O–H groups in total. The molecule has 0 unspecified atom stereocenters. The Morgan fingerprint density at radius 3 is 2.62 bits per heavy atom. The molecule has 0 aromatic carbocycles. The highest BCUT2D eigenvalue weighted by atomic mass is 16.5. The van der Waals surface area contributed by atoms with Crippen molar-refractivity contribution in [2.24, 2.45) is 0 Å². The monoisotopic (exact) mass is 183 g/mol. The van der Waals surface area contributed by atoms with Crippen molar-refractivity contribution in [3.05, 3.63) is 30.1 Å². The fourth-order valence-corrected chi connectivity index (χ4v) is 0.930. The molecule has 0 fully saturated rings. The molecule has 0 aliphatic carbocycles. The Hall–Kier alpha value is -1.78. The van der Waals surface area contributed by atoms with Gasteiger partial charge in [0.05, 0.1) is 0 Å². The maximum Gasteiger partial charge on any atom is 0.404 e. The van der Waals surface area contributed by atoms with Gasteiger partial charge in [-0.2, -0.15) is 0 Å². The summed E-state index contributed by atoms with van der Waals surface area (Å²) in [5.74, 6) is 0. The number of carboxylic acid groups (broad SMARTS) is 1. The number of rotatable bonds is 3. The van der Waals surface area contributed by atoms with Gasteiger partial charge in [-0.05, 0) is 12.0 Å². The SMILES string of the molecule is O=C(O)NCCc1cc[n+](O)cc1. The van der Waals surface area contributed by atoms with Crippen molar-refractivity contribution in [1.82, 2.24) is 5.32 Å². The van der Waals surface area contributed by atoms with Crippen LogP contribution in [0.4, 0.5) is 4.79 Å². The summed E-state index contributed by atoms with van der Waals surface area (Å²) in [7, 11) is 0. The Kier molecular flexibility index (Phi) is 3.08. The molecule has 0 atom stereocenters. The van der Waals surface area contributed by atoms with E-state index in [1.165, 1.54) is 12.4 Å². The van der Waals surface area contributed by atoms with Gasteiger partial charge in [0.25, 0.3) is 0 Å². The van der Waals surface area contributed by atoms with E-state index in [9.17, 15) is 4.79 Å². The largest absolute Gasteiger partial charge is 0.465 e. The summed E-state index contributed by atoms with van der Waals surface area (Å²) in [6, 6.07) is 3.45. The normalized spacial score (nSPS) is 9.54. The van der Waals surface area contributed by atoms with E-state index in [4.69, 9.17) is 10.3 Å². The van der Waals surface area contributed by atoms with Crippen LogP contribution in [-0.2, 0) is 6.42 Å². The summed E-state index contributed by atoms with van der Waals surface area (Å²) in [5.41, 5.74) is 0.971. The van der Waals surface area contributed by atoms with E-state index < -0.39 is 6.09 Å². The molecule has 0 saturated carbocycles. The van der Waals surface area contributed by atoms with Crippen LogP contribution in [-0.4, -0.2) is 23.0 Å². The Morgan fingerprint density at radius 2 is 2.08 bits per heavy atom. The van der Waals surface area contributed by atoms with E-state index in [1.54, 1.807) is 12.1 Å². The molecule has 1 aromatic rings. The van der Waals surface area contributed by atoms with Crippen LogP contribution in [0.15, 0.2) is 24.5 Å². The van der Waals surface area contributed by atoms with E-state index >= 15 is 0 Å². The maximum atomic E-state index is 10.1. The third-order valence-electron chi connectivity index (χ3n) is 1.57. The average molecular weight is 183 g/mol. The first-order valence-electron chi connectivity index (χ1n) is 3.85. The van der Waals surface area contributed by atoms with E-state index in [2.05, 4.69) is 5.32 Å². The number of nitrogens with one attached hydrogen (secondary N) is 1. The van der Waals surface area contributed by atoms with Gasteiger partial charge in [-0.3, -0.25) is 5.21 Å². The number of pyridine rings is 1. The van der Waals surface area contributed by atoms with Crippen LogP contribution in [0.3, 0.4) is 0 Å². The second-order valence-corrected chi connectivity index (χ2v) is 2.57. The quantitative estimate of drug-likeness (QED) is 0.457. The summed E-state index contributed by atoms with van der Waals surface area (Å²) in [4.78, 5) is 10.1. The van der Waals surface area contributed by atoms with Crippen LogP contribution < -0.4 is 10.0 Å². The zero-order chi connectivity index (χ0) is 9.68. The van der Waals surface area contributed by atoms with Gasteiger partial charge in [-0.25, -0.2) is 4.79 Å². The van der Waals surface area contributed by atoms with Crippen molar-refractivity contribution in [1.29, 1.82) is 0 Å². The van der Waals surface area contributed by atoms with Gasteiger partial charge in [0.15, 0.2) is 0 Å². The molecule has 0 saturated heterocycles. The highest BCUT2D eigenvalue weighted by molar-refractivity contribution is 5.64. The molecule has 1 aromatic heterocycles. The minimum Gasteiger partial charge on any atom is -0.465 e. The van der Waals surface area contributed by atoms with Gasteiger partial charge in [0.2, 0.25) is 12.4 Å². The van der Waals surface area contributed by atoms with Crippen molar-refractivity contribution in [2.75, 3.05) is 6.54 Å². The Morgan fingerprint density at radius 1 is 1.46 bits per heavy atom. The van der Waals surface area contributed by atoms with Crippen LogP contribution in [0.1, 0.15) is 5.56 Å². The van der Waals surface area contributed by atoms with E-state index in [1.807, 2.05) is 0 Å². The predicted molar refractivity (Wildman–Crippen MR) is 43.6 cm³/mol. The minimum atomic E-state index is -1.02. The molecule has 5 heteroatoms. The summed E-state index contributed by atoms with van der Waals surface area (Å²) < 4.78 is 0.939. The average Bonchev–Trinajstić information content (AvgIpc) is 2.08. The zero-order valence-corrected chi connectivity index (χ0v) is 6.97. The molecule has 0 bridgehead atoms. The lowest BCUT2D eigenvalue weighted by Gasteiger charge is -1.98. The highest BCUT2D eigenvalue weighted by Gasteiger charge is 1.98. The molecule has 0 spiro atoms. The topological polar surface area (TPSA) is 73.4 Å².